The molecule has 0 amide bonds. The highest BCUT2D eigenvalue weighted by Gasteiger charge is 2.29. The first-order valence-electron chi connectivity index (χ1n) is 11.9. The summed E-state index contributed by atoms with van der Waals surface area (Å²) in [6.07, 6.45) is 4.98. The normalized spacial score (nSPS) is 16.9. The third-order valence-electron chi connectivity index (χ3n) is 6.04. The smallest absolute Gasteiger partial charge is 0.348 e. The Kier molecular flexibility index (Phi) is 7.67. The fraction of sp³-hybridized carbons (Fsp3) is 0.296. The molecule has 0 radical (unpaired) electrons. The number of sulfonamides is 1. The molecule has 0 N–H and O–H groups in total. The summed E-state index contributed by atoms with van der Waals surface area (Å²) in [6, 6.07) is 17.9. The molecule has 4 rings (SSSR count). The molecule has 1 aliphatic heterocycles. The maximum Gasteiger partial charge on any atom is 0.348 e. The van der Waals surface area contributed by atoms with E-state index in [0.717, 1.165) is 18.5 Å². The SMILES string of the molecule is CCOC(=O)C(C#N)=Cc1cn(-c2ccccc2)nc1-c1cccc(S(=O)(=O)N2CCCC(C)C2)c1. The van der Waals surface area contributed by atoms with Crippen molar-refractivity contribution in [2.75, 3.05) is 19.7 Å². The minimum absolute atomic E-state index is 0.142. The summed E-state index contributed by atoms with van der Waals surface area (Å²) in [4.78, 5) is 12.4. The number of carbonyl (C=O) groups excluding carboxylic acids is 1. The van der Waals surface area contributed by atoms with Gasteiger partial charge in [0.15, 0.2) is 0 Å². The van der Waals surface area contributed by atoms with Crippen molar-refractivity contribution in [1.82, 2.24) is 14.1 Å². The van der Waals surface area contributed by atoms with Crippen molar-refractivity contribution >= 4 is 22.1 Å². The minimum Gasteiger partial charge on any atom is -0.462 e. The van der Waals surface area contributed by atoms with Gasteiger partial charge < -0.3 is 4.74 Å². The summed E-state index contributed by atoms with van der Waals surface area (Å²) in [6.45, 7) is 4.86. The van der Waals surface area contributed by atoms with E-state index >= 15 is 0 Å². The molecule has 0 aliphatic carbocycles. The summed E-state index contributed by atoms with van der Waals surface area (Å²) in [7, 11) is -3.68. The van der Waals surface area contributed by atoms with Gasteiger partial charge >= 0.3 is 5.97 Å². The molecule has 186 valence electrons. The van der Waals surface area contributed by atoms with Gasteiger partial charge in [-0.25, -0.2) is 17.9 Å². The number of rotatable bonds is 7. The van der Waals surface area contributed by atoms with Crippen molar-refractivity contribution in [3.05, 3.63) is 71.9 Å². The van der Waals surface area contributed by atoms with Crippen LogP contribution in [0.15, 0.2) is 71.3 Å². The molecule has 1 saturated heterocycles. The lowest BCUT2D eigenvalue weighted by atomic mass is 10.0. The quantitative estimate of drug-likeness (QED) is 0.268. The third kappa shape index (κ3) is 5.40. The van der Waals surface area contributed by atoms with Gasteiger partial charge in [-0.2, -0.15) is 14.7 Å². The second-order valence-corrected chi connectivity index (χ2v) is 10.7. The molecule has 1 aromatic heterocycles. The largest absolute Gasteiger partial charge is 0.462 e. The van der Waals surface area contributed by atoms with Gasteiger partial charge in [0, 0.05) is 30.4 Å². The summed E-state index contributed by atoms with van der Waals surface area (Å²) in [5.41, 5.74) is 2.10. The molecule has 1 unspecified atom stereocenters. The van der Waals surface area contributed by atoms with Crippen LogP contribution in [-0.2, 0) is 19.6 Å². The summed E-state index contributed by atoms with van der Waals surface area (Å²) >= 11 is 0. The Labute approximate surface area is 211 Å². The highest BCUT2D eigenvalue weighted by Crippen LogP contribution is 2.30. The van der Waals surface area contributed by atoms with Crippen LogP contribution in [0.4, 0.5) is 0 Å². The highest BCUT2D eigenvalue weighted by atomic mass is 32.2. The van der Waals surface area contributed by atoms with Gasteiger partial charge in [0.1, 0.15) is 17.3 Å². The number of nitrogens with zero attached hydrogens (tertiary/aromatic N) is 4. The van der Waals surface area contributed by atoms with Crippen LogP contribution < -0.4 is 0 Å². The minimum atomic E-state index is -3.68. The Balaban J connectivity index is 1.81. The predicted molar refractivity (Wildman–Crippen MR) is 136 cm³/mol. The second kappa shape index (κ2) is 10.9. The Bertz CT molecular complexity index is 1420. The van der Waals surface area contributed by atoms with Crippen molar-refractivity contribution < 1.29 is 17.9 Å². The van der Waals surface area contributed by atoms with Crippen molar-refractivity contribution in [3.63, 3.8) is 0 Å². The van der Waals surface area contributed by atoms with Gasteiger partial charge in [-0.15, -0.1) is 0 Å². The summed E-state index contributed by atoms with van der Waals surface area (Å²) in [5.74, 6) is -0.420. The first-order chi connectivity index (χ1) is 17.3. The van der Waals surface area contributed by atoms with Gasteiger partial charge in [-0.1, -0.05) is 37.3 Å². The summed E-state index contributed by atoms with van der Waals surface area (Å²) in [5, 5.41) is 14.2. The van der Waals surface area contributed by atoms with Crippen molar-refractivity contribution in [2.24, 2.45) is 5.92 Å². The van der Waals surface area contributed by atoms with E-state index in [1.807, 2.05) is 36.4 Å². The highest BCUT2D eigenvalue weighted by molar-refractivity contribution is 7.89. The first kappa shape index (κ1) is 25.4. The standard InChI is InChI=1S/C27H28N4O4S/c1-3-35-27(32)22(17-28)15-23-19-31(24-11-5-4-6-12-24)29-26(23)21-10-7-13-25(16-21)36(33,34)30-14-8-9-20(2)18-30/h4-7,10-13,15-16,19-20H,3,8-9,14,18H2,1-2H3. The van der Waals surface area contributed by atoms with Gasteiger partial charge in [-0.05, 0) is 56.0 Å². The number of hydrogen-bond acceptors (Lipinski definition) is 6. The van der Waals surface area contributed by atoms with Gasteiger partial charge in [-0.3, -0.25) is 0 Å². The maximum atomic E-state index is 13.4. The average Bonchev–Trinajstić information content (AvgIpc) is 3.32. The van der Waals surface area contributed by atoms with Gasteiger partial charge in [0.2, 0.25) is 10.0 Å². The fourth-order valence-electron chi connectivity index (χ4n) is 4.25. The van der Waals surface area contributed by atoms with Crippen LogP contribution in [0.5, 0.6) is 0 Å². The molecule has 8 nitrogen and oxygen atoms in total. The van der Waals surface area contributed by atoms with E-state index < -0.39 is 16.0 Å². The Morgan fingerprint density at radius 1 is 1.22 bits per heavy atom. The van der Waals surface area contributed by atoms with E-state index in [1.54, 1.807) is 42.1 Å². The number of aromatic nitrogens is 2. The first-order valence-corrected chi connectivity index (χ1v) is 13.3. The zero-order valence-electron chi connectivity index (χ0n) is 20.3. The monoisotopic (exact) mass is 504 g/mol. The number of carbonyl (C=O) groups is 1. The third-order valence-corrected chi connectivity index (χ3v) is 7.91. The van der Waals surface area contributed by atoms with E-state index in [2.05, 4.69) is 6.92 Å². The van der Waals surface area contributed by atoms with E-state index in [1.165, 1.54) is 10.4 Å². The Morgan fingerprint density at radius 2 is 2.00 bits per heavy atom. The molecule has 0 spiro atoms. The van der Waals surface area contributed by atoms with Crippen molar-refractivity contribution in [3.8, 4) is 23.0 Å². The number of nitriles is 1. The molecule has 9 heteroatoms. The Hall–Kier alpha value is -3.74. The van der Waals surface area contributed by atoms with Crippen LogP contribution in [0.2, 0.25) is 0 Å². The number of ether oxygens (including phenoxy) is 1. The number of piperidine rings is 1. The molecule has 2 heterocycles. The molecule has 2 aromatic carbocycles. The Morgan fingerprint density at radius 3 is 2.69 bits per heavy atom. The molecule has 1 aliphatic rings. The number of benzene rings is 2. The molecule has 0 saturated carbocycles. The van der Waals surface area contributed by atoms with E-state index in [0.29, 0.717) is 35.8 Å². The van der Waals surface area contributed by atoms with Crippen molar-refractivity contribution in [1.29, 1.82) is 5.26 Å². The van der Waals surface area contributed by atoms with Crippen molar-refractivity contribution in [2.45, 2.75) is 31.6 Å². The predicted octanol–water partition coefficient (Wildman–Crippen LogP) is 4.43. The van der Waals surface area contributed by atoms with Crippen LogP contribution in [-0.4, -0.2) is 48.2 Å². The molecule has 1 fully saturated rings. The lowest BCUT2D eigenvalue weighted by Crippen LogP contribution is -2.39. The van der Waals surface area contributed by atoms with Crippen LogP contribution >= 0.6 is 0 Å². The van der Waals surface area contributed by atoms with E-state index in [-0.39, 0.29) is 17.1 Å². The van der Waals surface area contributed by atoms with Crippen LogP contribution in [0.1, 0.15) is 32.3 Å². The lowest BCUT2D eigenvalue weighted by molar-refractivity contribution is -0.137. The van der Waals surface area contributed by atoms with Crippen LogP contribution in [0.3, 0.4) is 0 Å². The zero-order chi connectivity index (χ0) is 25.7. The van der Waals surface area contributed by atoms with Gasteiger partial charge in [0.25, 0.3) is 0 Å². The van der Waals surface area contributed by atoms with Gasteiger partial charge in [0.05, 0.1) is 17.2 Å². The van der Waals surface area contributed by atoms with Crippen LogP contribution in [0.25, 0.3) is 23.0 Å². The molecule has 0 bridgehead atoms. The molecule has 36 heavy (non-hydrogen) atoms. The molecular formula is C27H28N4O4S. The topological polar surface area (TPSA) is 105 Å². The molecule has 3 aromatic rings. The number of esters is 1. The maximum absolute atomic E-state index is 13.4. The second-order valence-electron chi connectivity index (χ2n) is 8.74. The zero-order valence-corrected chi connectivity index (χ0v) is 21.1. The lowest BCUT2D eigenvalue weighted by Gasteiger charge is -2.30. The average molecular weight is 505 g/mol. The number of para-hydroxylation sites is 1. The van der Waals surface area contributed by atoms with Crippen LogP contribution in [0, 0.1) is 17.2 Å². The number of hydrogen-bond donors (Lipinski definition) is 0. The van der Waals surface area contributed by atoms with E-state index in [4.69, 9.17) is 9.84 Å². The molecule has 1 atom stereocenters. The summed E-state index contributed by atoms with van der Waals surface area (Å²) < 4.78 is 35.0. The molecular weight excluding hydrogens is 476 g/mol. The van der Waals surface area contributed by atoms with E-state index in [9.17, 15) is 18.5 Å². The fourth-order valence-corrected chi connectivity index (χ4v) is 5.89.